The summed E-state index contributed by atoms with van der Waals surface area (Å²) in [6.07, 6.45) is 38.4. The Hall–Kier alpha value is -2.10. The van der Waals surface area contributed by atoms with Gasteiger partial charge in [0.1, 0.15) is 6.10 Å². The number of hydrogen-bond donors (Lipinski definition) is 1. The number of hydrogen-bond acceptors (Lipinski definition) is 3. The van der Waals surface area contributed by atoms with Gasteiger partial charge in [-0.1, -0.05) is 107 Å². The van der Waals surface area contributed by atoms with Crippen molar-refractivity contribution < 1.29 is 19.4 Å². The number of carboxylic acid groups (broad SMARTS) is 1. The number of unbranched alkanes of at least 4 members (excludes halogenated alkanes) is 10. The fraction of sp³-hybridized carbons (Fsp3) is 0.706. The van der Waals surface area contributed by atoms with Crippen LogP contribution in [0, 0.1) is 0 Å². The molecular weight excluding hydrogens is 472 g/mol. The number of carboxylic acids is 1. The normalized spacial score (nSPS) is 12.9. The van der Waals surface area contributed by atoms with Crippen molar-refractivity contribution in [3.63, 3.8) is 0 Å². The van der Waals surface area contributed by atoms with E-state index < -0.39 is 5.97 Å². The van der Waals surface area contributed by atoms with Gasteiger partial charge in [-0.3, -0.25) is 9.59 Å². The summed E-state index contributed by atoms with van der Waals surface area (Å²) in [5, 5.41) is 8.71. The highest BCUT2D eigenvalue weighted by Crippen LogP contribution is 2.17. The molecule has 0 aliphatic carbocycles. The van der Waals surface area contributed by atoms with E-state index >= 15 is 0 Å². The first-order chi connectivity index (χ1) is 18.6. The van der Waals surface area contributed by atoms with E-state index in [-0.39, 0.29) is 18.5 Å². The quantitative estimate of drug-likeness (QED) is 0.0651. The lowest BCUT2D eigenvalue weighted by Gasteiger charge is -2.18. The molecule has 1 unspecified atom stereocenters. The molecule has 0 saturated heterocycles. The molecule has 38 heavy (non-hydrogen) atoms. The molecule has 1 atom stereocenters. The van der Waals surface area contributed by atoms with Crippen molar-refractivity contribution in [3.05, 3.63) is 48.6 Å². The first-order valence-corrected chi connectivity index (χ1v) is 15.6. The standard InChI is InChI=1S/C34H58O4/c1-3-5-7-9-10-11-12-13-14-15-16-17-18-23-27-31-34(37)38-32(28-24-8-6-4-2)29-25-21-19-20-22-26-30-33(35)36/h5,7,10-11,13-14,16-17,32H,3-4,6,8-9,12,15,18-31H2,1-2H3,(H,35,36)/b7-5-,11-10-,14-13-,17-16-. The highest BCUT2D eigenvalue weighted by molar-refractivity contribution is 5.69. The second-order valence-corrected chi connectivity index (χ2v) is 10.3. The van der Waals surface area contributed by atoms with E-state index in [0.717, 1.165) is 103 Å². The molecule has 0 aliphatic heterocycles. The van der Waals surface area contributed by atoms with Crippen molar-refractivity contribution >= 4 is 11.9 Å². The molecule has 0 aromatic carbocycles. The van der Waals surface area contributed by atoms with E-state index in [2.05, 4.69) is 62.5 Å². The Labute approximate surface area is 234 Å². The Morgan fingerprint density at radius 2 is 1.11 bits per heavy atom. The number of rotatable bonds is 27. The Kier molecular flexibility index (Phi) is 27.8. The SMILES string of the molecule is CC/C=C\C/C=C\C/C=C\C/C=C\CCCCC(=O)OC(CCCCCC)CCCCCCCCC(=O)O. The Morgan fingerprint density at radius 1 is 0.605 bits per heavy atom. The average molecular weight is 531 g/mol. The lowest BCUT2D eigenvalue weighted by Crippen LogP contribution is -2.18. The molecule has 0 aromatic rings. The minimum atomic E-state index is -0.701. The van der Waals surface area contributed by atoms with Crippen LogP contribution in [0.5, 0.6) is 0 Å². The first kappa shape index (κ1) is 35.9. The zero-order valence-corrected chi connectivity index (χ0v) is 24.7. The van der Waals surface area contributed by atoms with Crippen LogP contribution in [0.15, 0.2) is 48.6 Å². The van der Waals surface area contributed by atoms with E-state index in [1.54, 1.807) is 0 Å². The summed E-state index contributed by atoms with van der Waals surface area (Å²) in [7, 11) is 0. The van der Waals surface area contributed by atoms with Crippen LogP contribution in [0.3, 0.4) is 0 Å². The maximum atomic E-state index is 12.4. The molecule has 0 heterocycles. The molecule has 0 bridgehead atoms. The second kappa shape index (κ2) is 29.5. The zero-order chi connectivity index (χ0) is 27.9. The Balaban J connectivity index is 3.98. The van der Waals surface area contributed by atoms with Crippen molar-refractivity contribution in [1.82, 2.24) is 0 Å². The summed E-state index contributed by atoms with van der Waals surface area (Å²) in [6, 6.07) is 0. The van der Waals surface area contributed by atoms with Gasteiger partial charge in [-0.05, 0) is 77.0 Å². The monoisotopic (exact) mass is 530 g/mol. The van der Waals surface area contributed by atoms with E-state index in [9.17, 15) is 9.59 Å². The molecule has 0 fully saturated rings. The highest BCUT2D eigenvalue weighted by atomic mass is 16.5. The Morgan fingerprint density at radius 3 is 1.68 bits per heavy atom. The molecule has 0 rings (SSSR count). The lowest BCUT2D eigenvalue weighted by molar-refractivity contribution is -0.150. The molecule has 4 heteroatoms. The molecule has 218 valence electrons. The van der Waals surface area contributed by atoms with Gasteiger partial charge in [0.05, 0.1) is 0 Å². The minimum absolute atomic E-state index is 0.0377. The van der Waals surface area contributed by atoms with E-state index in [1.165, 1.54) is 19.3 Å². The van der Waals surface area contributed by atoms with Gasteiger partial charge in [0.25, 0.3) is 0 Å². The first-order valence-electron chi connectivity index (χ1n) is 15.6. The number of carbonyl (C=O) groups is 2. The van der Waals surface area contributed by atoms with Crippen LogP contribution in [0.25, 0.3) is 0 Å². The highest BCUT2D eigenvalue weighted by Gasteiger charge is 2.14. The molecular formula is C34H58O4. The van der Waals surface area contributed by atoms with Crippen LogP contribution in [0.4, 0.5) is 0 Å². The average Bonchev–Trinajstić information content (AvgIpc) is 2.90. The summed E-state index contributed by atoms with van der Waals surface area (Å²) < 4.78 is 5.88. The van der Waals surface area contributed by atoms with Crippen molar-refractivity contribution in [1.29, 1.82) is 0 Å². The summed E-state index contributed by atoms with van der Waals surface area (Å²) in [6.45, 7) is 4.37. The number of aliphatic carboxylic acids is 1. The molecule has 0 aromatic heterocycles. The second-order valence-electron chi connectivity index (χ2n) is 10.3. The predicted octanol–water partition coefficient (Wildman–Crippen LogP) is 10.4. The van der Waals surface area contributed by atoms with Crippen LogP contribution >= 0.6 is 0 Å². The predicted molar refractivity (Wildman–Crippen MR) is 162 cm³/mol. The molecule has 0 saturated carbocycles. The maximum Gasteiger partial charge on any atom is 0.306 e. The van der Waals surface area contributed by atoms with Crippen molar-refractivity contribution in [2.24, 2.45) is 0 Å². The summed E-state index contributed by atoms with van der Waals surface area (Å²) in [5.41, 5.74) is 0. The third kappa shape index (κ3) is 28.5. The molecule has 4 nitrogen and oxygen atoms in total. The van der Waals surface area contributed by atoms with Gasteiger partial charge in [-0.15, -0.1) is 0 Å². The zero-order valence-electron chi connectivity index (χ0n) is 24.7. The number of esters is 1. The van der Waals surface area contributed by atoms with Gasteiger partial charge in [-0.2, -0.15) is 0 Å². The molecule has 0 spiro atoms. The molecule has 0 amide bonds. The molecule has 0 aliphatic rings. The van der Waals surface area contributed by atoms with Gasteiger partial charge in [0, 0.05) is 12.8 Å². The van der Waals surface area contributed by atoms with Gasteiger partial charge in [-0.25, -0.2) is 0 Å². The van der Waals surface area contributed by atoms with Crippen LogP contribution in [0.2, 0.25) is 0 Å². The third-order valence-corrected chi connectivity index (χ3v) is 6.57. The molecule has 1 N–H and O–H groups in total. The van der Waals surface area contributed by atoms with Crippen molar-refractivity contribution in [2.75, 3.05) is 0 Å². The maximum absolute atomic E-state index is 12.4. The Bertz CT molecular complexity index is 659. The topological polar surface area (TPSA) is 63.6 Å². The summed E-state index contributed by atoms with van der Waals surface area (Å²) >= 11 is 0. The minimum Gasteiger partial charge on any atom is -0.481 e. The number of allylic oxidation sites excluding steroid dienone is 8. The molecule has 0 radical (unpaired) electrons. The smallest absolute Gasteiger partial charge is 0.306 e. The van der Waals surface area contributed by atoms with Gasteiger partial charge in [0.2, 0.25) is 0 Å². The number of carbonyl (C=O) groups excluding carboxylic acids is 1. The number of ether oxygens (including phenoxy) is 1. The van der Waals surface area contributed by atoms with Crippen LogP contribution in [-0.4, -0.2) is 23.1 Å². The summed E-state index contributed by atoms with van der Waals surface area (Å²) in [5.74, 6) is -0.739. The van der Waals surface area contributed by atoms with Crippen LogP contribution in [-0.2, 0) is 14.3 Å². The third-order valence-electron chi connectivity index (χ3n) is 6.57. The van der Waals surface area contributed by atoms with Gasteiger partial charge < -0.3 is 9.84 Å². The lowest BCUT2D eigenvalue weighted by atomic mass is 10.0. The van der Waals surface area contributed by atoms with Crippen molar-refractivity contribution in [2.45, 2.75) is 155 Å². The van der Waals surface area contributed by atoms with Crippen LogP contribution < -0.4 is 0 Å². The van der Waals surface area contributed by atoms with Gasteiger partial charge >= 0.3 is 11.9 Å². The fourth-order valence-electron chi connectivity index (χ4n) is 4.29. The van der Waals surface area contributed by atoms with E-state index in [1.807, 2.05) is 0 Å². The van der Waals surface area contributed by atoms with E-state index in [0.29, 0.717) is 6.42 Å². The van der Waals surface area contributed by atoms with Gasteiger partial charge in [0.15, 0.2) is 0 Å². The van der Waals surface area contributed by atoms with Crippen molar-refractivity contribution in [3.8, 4) is 0 Å². The summed E-state index contributed by atoms with van der Waals surface area (Å²) in [4.78, 5) is 23.0. The fourth-order valence-corrected chi connectivity index (χ4v) is 4.29. The van der Waals surface area contributed by atoms with Crippen LogP contribution in [0.1, 0.15) is 149 Å². The largest absolute Gasteiger partial charge is 0.481 e. The van der Waals surface area contributed by atoms with E-state index in [4.69, 9.17) is 9.84 Å².